The maximum atomic E-state index is 12.2. The van der Waals surface area contributed by atoms with Crippen molar-refractivity contribution < 1.29 is 22.3 Å². The number of hydrogen-bond donors (Lipinski definition) is 0. The van der Waals surface area contributed by atoms with Gasteiger partial charge in [0.05, 0.1) is 18.6 Å². The molecule has 150 valence electrons. The Morgan fingerprint density at radius 3 is 2.50 bits per heavy atom. The molecule has 0 aliphatic carbocycles. The summed E-state index contributed by atoms with van der Waals surface area (Å²) in [6.07, 6.45) is 0.815. The van der Waals surface area contributed by atoms with Gasteiger partial charge in [0.1, 0.15) is 17.0 Å². The van der Waals surface area contributed by atoms with Gasteiger partial charge in [-0.25, -0.2) is 17.7 Å². The molecular formula is C19H22N2O5S2. The van der Waals surface area contributed by atoms with Gasteiger partial charge < -0.3 is 13.9 Å². The fourth-order valence-corrected chi connectivity index (χ4v) is 4.07. The standard InChI is InChI=1S/C19H22N2O5S2/c1-21(2)28(22,23)16-9-10-18-17(13-16)20-19(26-18)27-12-4-11-25-15-7-5-14(24-3)6-8-15/h5-10,13H,4,11-12H2,1-3H3. The number of aromatic nitrogens is 1. The molecule has 0 N–H and O–H groups in total. The predicted octanol–water partition coefficient (Wildman–Crippen LogP) is 3.65. The van der Waals surface area contributed by atoms with Crippen molar-refractivity contribution in [3.05, 3.63) is 42.5 Å². The van der Waals surface area contributed by atoms with Crippen LogP contribution in [0.5, 0.6) is 11.5 Å². The van der Waals surface area contributed by atoms with Gasteiger partial charge in [-0.3, -0.25) is 0 Å². The van der Waals surface area contributed by atoms with E-state index >= 15 is 0 Å². The lowest BCUT2D eigenvalue weighted by molar-refractivity contribution is 0.317. The number of oxazole rings is 1. The number of thioether (sulfide) groups is 1. The monoisotopic (exact) mass is 422 g/mol. The number of rotatable bonds is 9. The predicted molar refractivity (Wildman–Crippen MR) is 109 cm³/mol. The third kappa shape index (κ3) is 4.78. The van der Waals surface area contributed by atoms with Gasteiger partial charge in [-0.2, -0.15) is 0 Å². The lowest BCUT2D eigenvalue weighted by atomic mass is 10.3. The fourth-order valence-electron chi connectivity index (χ4n) is 2.40. The quantitative estimate of drug-likeness (QED) is 0.384. The van der Waals surface area contributed by atoms with Crippen LogP contribution >= 0.6 is 11.8 Å². The van der Waals surface area contributed by atoms with Gasteiger partial charge in [0.15, 0.2) is 5.58 Å². The van der Waals surface area contributed by atoms with Crippen molar-refractivity contribution in [2.45, 2.75) is 16.5 Å². The Morgan fingerprint density at radius 2 is 1.82 bits per heavy atom. The van der Waals surface area contributed by atoms with E-state index in [2.05, 4.69) is 4.98 Å². The van der Waals surface area contributed by atoms with E-state index in [1.165, 1.54) is 42.3 Å². The first-order chi connectivity index (χ1) is 13.4. The lowest BCUT2D eigenvalue weighted by Crippen LogP contribution is -2.22. The number of methoxy groups -OCH3 is 1. The van der Waals surface area contributed by atoms with E-state index in [0.717, 1.165) is 23.7 Å². The molecule has 0 spiro atoms. The number of benzene rings is 2. The maximum Gasteiger partial charge on any atom is 0.256 e. The first kappa shape index (κ1) is 20.5. The summed E-state index contributed by atoms with van der Waals surface area (Å²) in [5, 5.41) is 0.513. The van der Waals surface area contributed by atoms with Crippen LogP contribution in [-0.4, -0.2) is 51.3 Å². The highest BCUT2D eigenvalue weighted by Crippen LogP contribution is 2.26. The molecule has 0 fully saturated rings. The zero-order chi connectivity index (χ0) is 20.1. The number of fused-ring (bicyclic) bond motifs is 1. The summed E-state index contributed by atoms with van der Waals surface area (Å²) < 4.78 is 42.1. The van der Waals surface area contributed by atoms with Gasteiger partial charge in [-0.15, -0.1) is 0 Å². The van der Waals surface area contributed by atoms with E-state index in [0.29, 0.717) is 22.9 Å². The molecule has 7 nitrogen and oxygen atoms in total. The minimum absolute atomic E-state index is 0.197. The topological polar surface area (TPSA) is 81.9 Å². The SMILES string of the molecule is COc1ccc(OCCCSc2nc3cc(S(=O)(=O)N(C)C)ccc3o2)cc1. The largest absolute Gasteiger partial charge is 0.497 e. The molecule has 0 bridgehead atoms. The van der Waals surface area contributed by atoms with Crippen LogP contribution in [0, 0.1) is 0 Å². The van der Waals surface area contributed by atoms with Gasteiger partial charge in [-0.05, 0) is 48.9 Å². The van der Waals surface area contributed by atoms with E-state index in [1.807, 2.05) is 24.3 Å². The van der Waals surface area contributed by atoms with Crippen molar-refractivity contribution in [2.24, 2.45) is 0 Å². The molecule has 1 heterocycles. The summed E-state index contributed by atoms with van der Waals surface area (Å²) in [5.41, 5.74) is 1.09. The maximum absolute atomic E-state index is 12.2. The third-order valence-electron chi connectivity index (χ3n) is 3.96. The molecular weight excluding hydrogens is 400 g/mol. The molecule has 0 amide bonds. The second-order valence-corrected chi connectivity index (χ2v) is 9.32. The van der Waals surface area contributed by atoms with E-state index in [9.17, 15) is 8.42 Å². The van der Waals surface area contributed by atoms with Crippen molar-refractivity contribution in [3.8, 4) is 11.5 Å². The number of sulfonamides is 1. The highest BCUT2D eigenvalue weighted by molar-refractivity contribution is 7.99. The molecule has 0 aliphatic rings. The van der Waals surface area contributed by atoms with Crippen LogP contribution in [0.4, 0.5) is 0 Å². The molecule has 0 saturated heterocycles. The molecule has 3 rings (SSSR count). The van der Waals surface area contributed by atoms with E-state index in [-0.39, 0.29) is 4.90 Å². The highest BCUT2D eigenvalue weighted by atomic mass is 32.2. The van der Waals surface area contributed by atoms with Crippen molar-refractivity contribution >= 4 is 32.9 Å². The zero-order valence-electron chi connectivity index (χ0n) is 15.9. The summed E-state index contributed by atoms with van der Waals surface area (Å²) in [6.45, 7) is 0.574. The first-order valence-corrected chi connectivity index (χ1v) is 11.1. The molecule has 1 aromatic heterocycles. The Labute approximate surface area is 168 Å². The van der Waals surface area contributed by atoms with Crippen LogP contribution in [0.2, 0.25) is 0 Å². The molecule has 0 atom stereocenters. The molecule has 0 saturated carbocycles. The van der Waals surface area contributed by atoms with Crippen LogP contribution in [0.15, 0.2) is 57.0 Å². The Balaban J connectivity index is 1.53. The number of nitrogens with zero attached hydrogens (tertiary/aromatic N) is 2. The Hall–Kier alpha value is -2.23. The molecule has 3 aromatic rings. The summed E-state index contributed by atoms with van der Waals surface area (Å²) in [6, 6.07) is 12.1. The van der Waals surface area contributed by atoms with Crippen molar-refractivity contribution in [1.82, 2.24) is 9.29 Å². The minimum Gasteiger partial charge on any atom is -0.497 e. The van der Waals surface area contributed by atoms with Crippen molar-refractivity contribution in [3.63, 3.8) is 0 Å². The van der Waals surface area contributed by atoms with Crippen LogP contribution in [0.1, 0.15) is 6.42 Å². The smallest absolute Gasteiger partial charge is 0.256 e. The molecule has 9 heteroatoms. The van der Waals surface area contributed by atoms with E-state index < -0.39 is 10.0 Å². The Morgan fingerprint density at radius 1 is 1.11 bits per heavy atom. The summed E-state index contributed by atoms with van der Waals surface area (Å²) in [4.78, 5) is 4.58. The van der Waals surface area contributed by atoms with Gasteiger partial charge in [0.2, 0.25) is 10.0 Å². The van der Waals surface area contributed by atoms with Crippen molar-refractivity contribution in [1.29, 1.82) is 0 Å². The van der Waals surface area contributed by atoms with Crippen LogP contribution < -0.4 is 9.47 Å². The Kier molecular flexibility index (Phi) is 6.48. The zero-order valence-corrected chi connectivity index (χ0v) is 17.5. The minimum atomic E-state index is -3.49. The first-order valence-electron chi connectivity index (χ1n) is 8.63. The Bertz CT molecular complexity index is 1030. The molecule has 28 heavy (non-hydrogen) atoms. The van der Waals surface area contributed by atoms with Crippen LogP contribution in [0.25, 0.3) is 11.1 Å². The van der Waals surface area contributed by atoms with Crippen LogP contribution in [0.3, 0.4) is 0 Å². The van der Waals surface area contributed by atoms with Crippen molar-refractivity contribution in [2.75, 3.05) is 33.6 Å². The molecule has 2 aromatic carbocycles. The highest BCUT2D eigenvalue weighted by Gasteiger charge is 2.18. The number of hydrogen-bond acceptors (Lipinski definition) is 7. The second kappa shape index (κ2) is 8.85. The molecule has 0 unspecified atom stereocenters. The average Bonchev–Trinajstić information content (AvgIpc) is 3.10. The summed E-state index contributed by atoms with van der Waals surface area (Å²) in [5.74, 6) is 2.36. The van der Waals surface area contributed by atoms with Gasteiger partial charge >= 0.3 is 0 Å². The van der Waals surface area contributed by atoms with Gasteiger partial charge in [0, 0.05) is 19.8 Å². The summed E-state index contributed by atoms with van der Waals surface area (Å²) >= 11 is 1.47. The molecule has 0 aliphatic heterocycles. The van der Waals surface area contributed by atoms with Crippen LogP contribution in [-0.2, 0) is 10.0 Å². The van der Waals surface area contributed by atoms with Gasteiger partial charge in [0.25, 0.3) is 5.22 Å². The summed E-state index contributed by atoms with van der Waals surface area (Å²) in [7, 11) is 1.13. The molecule has 0 radical (unpaired) electrons. The van der Waals surface area contributed by atoms with E-state index in [1.54, 1.807) is 13.2 Å². The third-order valence-corrected chi connectivity index (χ3v) is 6.69. The van der Waals surface area contributed by atoms with E-state index in [4.69, 9.17) is 13.9 Å². The second-order valence-electron chi connectivity index (χ2n) is 6.12. The number of ether oxygens (including phenoxy) is 2. The lowest BCUT2D eigenvalue weighted by Gasteiger charge is -2.10. The fraction of sp³-hybridized carbons (Fsp3) is 0.316. The van der Waals surface area contributed by atoms with Gasteiger partial charge in [-0.1, -0.05) is 11.8 Å². The normalized spacial score (nSPS) is 11.9. The average molecular weight is 423 g/mol.